The Labute approximate surface area is 159 Å². The van der Waals surface area contributed by atoms with Gasteiger partial charge in [0.05, 0.1) is 5.92 Å². The first-order valence-corrected chi connectivity index (χ1v) is 10.0. The van der Waals surface area contributed by atoms with Gasteiger partial charge >= 0.3 is 0 Å². The number of likely N-dealkylation sites (tertiary alicyclic amines) is 1. The highest BCUT2D eigenvalue weighted by molar-refractivity contribution is 5.80. The maximum Gasteiger partial charge on any atom is 0.228 e. The van der Waals surface area contributed by atoms with E-state index < -0.39 is 0 Å². The molecule has 2 atom stereocenters. The van der Waals surface area contributed by atoms with Crippen molar-refractivity contribution in [2.75, 3.05) is 19.7 Å². The molecule has 1 amide bonds. The van der Waals surface area contributed by atoms with Gasteiger partial charge in [0.15, 0.2) is 5.82 Å². The first-order valence-electron chi connectivity index (χ1n) is 10.0. The van der Waals surface area contributed by atoms with E-state index in [1.165, 1.54) is 0 Å². The quantitative estimate of drug-likeness (QED) is 0.868. The van der Waals surface area contributed by atoms with Gasteiger partial charge in [0.1, 0.15) is 17.8 Å². The zero-order valence-corrected chi connectivity index (χ0v) is 16.1. The lowest BCUT2D eigenvalue weighted by atomic mass is 9.93. The Balaban J connectivity index is 1.40. The average Bonchev–Trinajstić information content (AvgIpc) is 3.46. The number of imidazole rings is 1. The SMILES string of the molecule is CCc1nc(C2CCN(C(=O)[C@@H]3CCO[C@H]3c3nccn3CC)CC2)n[nH]1. The third-order valence-electron chi connectivity index (χ3n) is 5.81. The Morgan fingerprint density at radius 1 is 1.30 bits per heavy atom. The molecule has 0 aliphatic carbocycles. The highest BCUT2D eigenvalue weighted by Crippen LogP contribution is 2.36. The Kier molecular flexibility index (Phi) is 5.24. The Hall–Kier alpha value is -2.22. The second-order valence-electron chi connectivity index (χ2n) is 7.35. The van der Waals surface area contributed by atoms with Crippen LogP contribution in [0.5, 0.6) is 0 Å². The van der Waals surface area contributed by atoms with Crippen LogP contribution >= 0.6 is 0 Å². The summed E-state index contributed by atoms with van der Waals surface area (Å²) < 4.78 is 7.98. The van der Waals surface area contributed by atoms with Crippen LogP contribution in [0.25, 0.3) is 0 Å². The molecule has 0 unspecified atom stereocenters. The van der Waals surface area contributed by atoms with Gasteiger partial charge in [-0.15, -0.1) is 0 Å². The van der Waals surface area contributed by atoms with Gasteiger partial charge in [-0.25, -0.2) is 9.97 Å². The van der Waals surface area contributed by atoms with Crippen molar-refractivity contribution in [2.45, 2.75) is 58.1 Å². The zero-order chi connectivity index (χ0) is 18.8. The van der Waals surface area contributed by atoms with Gasteiger partial charge < -0.3 is 14.2 Å². The smallest absolute Gasteiger partial charge is 0.228 e. The molecule has 2 aromatic rings. The van der Waals surface area contributed by atoms with Crippen molar-refractivity contribution in [1.29, 1.82) is 0 Å². The maximum absolute atomic E-state index is 13.2. The number of aryl methyl sites for hydroxylation is 2. The molecular formula is C19H28N6O2. The van der Waals surface area contributed by atoms with E-state index in [9.17, 15) is 4.79 Å². The molecule has 27 heavy (non-hydrogen) atoms. The van der Waals surface area contributed by atoms with Crippen LogP contribution in [-0.4, -0.2) is 55.2 Å². The topological polar surface area (TPSA) is 88.9 Å². The van der Waals surface area contributed by atoms with Crippen LogP contribution in [-0.2, 0) is 22.5 Å². The number of nitrogens with one attached hydrogen (secondary N) is 1. The summed E-state index contributed by atoms with van der Waals surface area (Å²) in [5.74, 6) is 3.10. The Bertz CT molecular complexity index is 777. The molecule has 8 heteroatoms. The van der Waals surface area contributed by atoms with Gasteiger partial charge in [0.25, 0.3) is 0 Å². The standard InChI is InChI=1S/C19H28N6O2/c1-3-15-21-17(23-22-15)13-5-9-25(10-6-13)19(26)14-7-12-27-16(14)18-20-8-11-24(18)4-2/h8,11,13-14,16H,3-7,9-10,12H2,1-2H3,(H,21,22,23)/t14-,16-/m1/s1. The number of carbonyl (C=O) groups excluding carboxylic acids is 1. The van der Waals surface area contributed by atoms with Crippen molar-refractivity contribution in [3.63, 3.8) is 0 Å². The number of hydrogen-bond acceptors (Lipinski definition) is 5. The van der Waals surface area contributed by atoms with Crippen LogP contribution in [0.1, 0.15) is 62.6 Å². The molecule has 0 radical (unpaired) electrons. The summed E-state index contributed by atoms with van der Waals surface area (Å²) in [6.45, 7) is 7.10. The van der Waals surface area contributed by atoms with Crippen molar-refractivity contribution in [1.82, 2.24) is 29.6 Å². The minimum absolute atomic E-state index is 0.135. The van der Waals surface area contributed by atoms with Crippen LogP contribution in [0.15, 0.2) is 12.4 Å². The number of hydrogen-bond donors (Lipinski definition) is 1. The van der Waals surface area contributed by atoms with E-state index in [-0.39, 0.29) is 17.9 Å². The highest BCUT2D eigenvalue weighted by Gasteiger charge is 2.40. The number of piperidine rings is 1. The van der Waals surface area contributed by atoms with Gasteiger partial charge in [-0.2, -0.15) is 5.10 Å². The van der Waals surface area contributed by atoms with Crippen molar-refractivity contribution in [2.24, 2.45) is 5.92 Å². The Morgan fingerprint density at radius 2 is 2.11 bits per heavy atom. The molecule has 2 aliphatic rings. The fraction of sp³-hybridized carbons (Fsp3) is 0.684. The maximum atomic E-state index is 13.2. The van der Waals surface area contributed by atoms with Gasteiger partial charge in [0, 0.05) is 51.0 Å². The number of ether oxygens (including phenoxy) is 1. The number of aromatic nitrogens is 5. The summed E-state index contributed by atoms with van der Waals surface area (Å²) in [4.78, 5) is 24.2. The second kappa shape index (κ2) is 7.80. The van der Waals surface area contributed by atoms with Gasteiger partial charge in [-0.05, 0) is 26.2 Å². The van der Waals surface area contributed by atoms with Crippen LogP contribution in [0.3, 0.4) is 0 Å². The number of aromatic amines is 1. The molecule has 2 fully saturated rings. The molecule has 0 spiro atoms. The molecule has 1 N–H and O–H groups in total. The predicted molar refractivity (Wildman–Crippen MR) is 99.0 cm³/mol. The minimum atomic E-state index is -0.231. The van der Waals surface area contributed by atoms with E-state index >= 15 is 0 Å². The number of rotatable bonds is 5. The molecule has 4 rings (SSSR count). The van der Waals surface area contributed by atoms with E-state index in [1.807, 2.05) is 11.1 Å². The highest BCUT2D eigenvalue weighted by atomic mass is 16.5. The zero-order valence-electron chi connectivity index (χ0n) is 16.1. The predicted octanol–water partition coefficient (Wildman–Crippen LogP) is 2.07. The molecule has 2 aromatic heterocycles. The summed E-state index contributed by atoms with van der Waals surface area (Å²) in [7, 11) is 0. The number of nitrogens with zero attached hydrogens (tertiary/aromatic N) is 5. The van der Waals surface area contributed by atoms with Crippen LogP contribution in [0, 0.1) is 5.92 Å². The van der Waals surface area contributed by atoms with E-state index in [2.05, 4.69) is 38.6 Å². The third-order valence-corrected chi connectivity index (χ3v) is 5.81. The monoisotopic (exact) mass is 372 g/mol. The fourth-order valence-electron chi connectivity index (χ4n) is 4.19. The van der Waals surface area contributed by atoms with Crippen LogP contribution < -0.4 is 0 Å². The first kappa shape index (κ1) is 18.2. The number of amides is 1. The molecule has 0 saturated carbocycles. The van der Waals surface area contributed by atoms with Gasteiger partial charge in [-0.1, -0.05) is 6.92 Å². The fourth-order valence-corrected chi connectivity index (χ4v) is 4.19. The third kappa shape index (κ3) is 3.50. The lowest BCUT2D eigenvalue weighted by Crippen LogP contribution is -2.42. The average molecular weight is 372 g/mol. The summed E-state index contributed by atoms with van der Waals surface area (Å²) in [5.41, 5.74) is 0. The molecule has 0 aromatic carbocycles. The van der Waals surface area contributed by atoms with Crippen molar-refractivity contribution < 1.29 is 9.53 Å². The molecular weight excluding hydrogens is 344 g/mol. The van der Waals surface area contributed by atoms with Crippen molar-refractivity contribution in [3.8, 4) is 0 Å². The number of carbonyl (C=O) groups is 1. The Morgan fingerprint density at radius 3 is 2.81 bits per heavy atom. The van der Waals surface area contributed by atoms with E-state index in [1.54, 1.807) is 6.20 Å². The van der Waals surface area contributed by atoms with E-state index in [4.69, 9.17) is 4.74 Å². The molecule has 2 saturated heterocycles. The summed E-state index contributed by atoms with van der Waals surface area (Å²) >= 11 is 0. The van der Waals surface area contributed by atoms with Crippen LogP contribution in [0.2, 0.25) is 0 Å². The second-order valence-corrected chi connectivity index (χ2v) is 7.35. The minimum Gasteiger partial charge on any atom is -0.369 e. The molecule has 4 heterocycles. The number of H-pyrrole nitrogens is 1. The van der Waals surface area contributed by atoms with Crippen LogP contribution in [0.4, 0.5) is 0 Å². The molecule has 0 bridgehead atoms. The summed E-state index contributed by atoms with van der Waals surface area (Å²) in [6, 6.07) is 0. The summed E-state index contributed by atoms with van der Waals surface area (Å²) in [6.07, 6.45) is 6.95. The first-order chi connectivity index (χ1) is 13.2. The lowest BCUT2D eigenvalue weighted by Gasteiger charge is -2.33. The molecule has 2 aliphatic heterocycles. The van der Waals surface area contributed by atoms with Gasteiger partial charge in [-0.3, -0.25) is 9.89 Å². The van der Waals surface area contributed by atoms with Crippen molar-refractivity contribution >= 4 is 5.91 Å². The van der Waals surface area contributed by atoms with Gasteiger partial charge in [0.2, 0.25) is 5.91 Å². The largest absolute Gasteiger partial charge is 0.369 e. The van der Waals surface area contributed by atoms with Crippen molar-refractivity contribution in [3.05, 3.63) is 29.9 Å². The lowest BCUT2D eigenvalue weighted by molar-refractivity contribution is -0.138. The normalized spacial score (nSPS) is 23.9. The molecule has 146 valence electrons. The van der Waals surface area contributed by atoms with E-state index in [0.717, 1.165) is 62.8 Å². The summed E-state index contributed by atoms with van der Waals surface area (Å²) in [5, 5.41) is 7.35. The van der Waals surface area contributed by atoms with E-state index in [0.29, 0.717) is 12.5 Å². The molecule has 8 nitrogen and oxygen atoms in total.